The molecule has 2 heterocycles. The van der Waals surface area contributed by atoms with Crippen molar-refractivity contribution in [3.05, 3.63) is 83.4 Å². The summed E-state index contributed by atoms with van der Waals surface area (Å²) in [6.07, 6.45) is 3.35. The van der Waals surface area contributed by atoms with Gasteiger partial charge in [-0.2, -0.15) is 0 Å². The number of carbonyl (C=O) groups is 1. The predicted molar refractivity (Wildman–Crippen MR) is 130 cm³/mol. The summed E-state index contributed by atoms with van der Waals surface area (Å²) < 4.78 is 17.3. The molecule has 0 aliphatic carbocycles. The molecule has 0 N–H and O–H groups in total. The Morgan fingerprint density at radius 2 is 1.94 bits per heavy atom. The summed E-state index contributed by atoms with van der Waals surface area (Å²) in [5.74, 6) is 1.93. The van der Waals surface area contributed by atoms with E-state index in [-0.39, 0.29) is 12.7 Å². The van der Waals surface area contributed by atoms with Crippen molar-refractivity contribution in [1.82, 2.24) is 4.98 Å². The molecule has 7 heteroatoms. The number of nitrogens with zero attached hydrogens (tertiary/aromatic N) is 2. The summed E-state index contributed by atoms with van der Waals surface area (Å²) in [5.41, 5.74) is 3.74. The number of aryl methyl sites for hydroxylation is 1. The summed E-state index contributed by atoms with van der Waals surface area (Å²) in [6.45, 7) is 2.66. The Morgan fingerprint density at radius 1 is 1.12 bits per heavy atom. The highest BCUT2D eigenvalue weighted by molar-refractivity contribution is 7.22. The molecule has 0 fully saturated rings. The highest BCUT2D eigenvalue weighted by Gasteiger charge is 2.21. The molecule has 0 unspecified atom stereocenters. The molecule has 1 amide bonds. The van der Waals surface area contributed by atoms with E-state index in [0.29, 0.717) is 28.9 Å². The third-order valence-corrected chi connectivity index (χ3v) is 6.62. The lowest BCUT2D eigenvalue weighted by Crippen LogP contribution is -2.28. The SMILES string of the molecule is COc1ccc(C)c2sc(N(Cc3ccccc3)C(=O)/C=C/c3ccc4c(c3)OCO4)nc12. The molecule has 6 nitrogen and oxygen atoms in total. The van der Waals surface area contributed by atoms with Gasteiger partial charge in [0, 0.05) is 6.08 Å². The van der Waals surface area contributed by atoms with Crippen LogP contribution < -0.4 is 19.1 Å². The minimum absolute atomic E-state index is 0.160. The van der Waals surface area contributed by atoms with Crippen LogP contribution in [0.4, 0.5) is 5.13 Å². The zero-order valence-corrected chi connectivity index (χ0v) is 19.1. The van der Waals surface area contributed by atoms with Gasteiger partial charge in [0.15, 0.2) is 16.6 Å². The van der Waals surface area contributed by atoms with Crippen molar-refractivity contribution in [3.63, 3.8) is 0 Å². The first-order valence-electron chi connectivity index (χ1n) is 10.5. The van der Waals surface area contributed by atoms with Crippen LogP contribution in [0.25, 0.3) is 16.3 Å². The van der Waals surface area contributed by atoms with Gasteiger partial charge in [-0.25, -0.2) is 4.98 Å². The second kappa shape index (κ2) is 8.96. The van der Waals surface area contributed by atoms with Crippen LogP contribution >= 0.6 is 11.3 Å². The monoisotopic (exact) mass is 458 g/mol. The molecule has 1 aromatic heterocycles. The molecular weight excluding hydrogens is 436 g/mol. The van der Waals surface area contributed by atoms with Gasteiger partial charge in [0.2, 0.25) is 6.79 Å². The van der Waals surface area contributed by atoms with Crippen molar-refractivity contribution in [2.75, 3.05) is 18.8 Å². The number of rotatable bonds is 6. The van der Waals surface area contributed by atoms with E-state index in [0.717, 1.165) is 26.9 Å². The van der Waals surface area contributed by atoms with Crippen LogP contribution in [0, 0.1) is 6.92 Å². The fourth-order valence-corrected chi connectivity index (χ4v) is 4.71. The fourth-order valence-electron chi connectivity index (χ4n) is 3.66. The van der Waals surface area contributed by atoms with Gasteiger partial charge < -0.3 is 14.2 Å². The number of hydrogen-bond acceptors (Lipinski definition) is 6. The maximum absolute atomic E-state index is 13.4. The predicted octanol–water partition coefficient (Wildman–Crippen LogP) is 5.59. The molecule has 33 heavy (non-hydrogen) atoms. The van der Waals surface area contributed by atoms with Crippen LogP contribution in [0.3, 0.4) is 0 Å². The smallest absolute Gasteiger partial charge is 0.253 e. The van der Waals surface area contributed by atoms with Gasteiger partial charge >= 0.3 is 0 Å². The number of methoxy groups -OCH3 is 1. The minimum Gasteiger partial charge on any atom is -0.494 e. The average molecular weight is 459 g/mol. The number of benzene rings is 3. The van der Waals surface area contributed by atoms with Gasteiger partial charge in [-0.3, -0.25) is 9.69 Å². The number of aromatic nitrogens is 1. The molecule has 3 aromatic carbocycles. The van der Waals surface area contributed by atoms with Crippen molar-refractivity contribution < 1.29 is 19.0 Å². The van der Waals surface area contributed by atoms with Crippen LogP contribution in [0.5, 0.6) is 17.2 Å². The highest BCUT2D eigenvalue weighted by atomic mass is 32.1. The molecule has 0 bridgehead atoms. The van der Waals surface area contributed by atoms with E-state index in [1.165, 1.54) is 11.3 Å². The lowest BCUT2D eigenvalue weighted by Gasteiger charge is -2.18. The van der Waals surface area contributed by atoms with E-state index in [2.05, 4.69) is 0 Å². The Balaban J connectivity index is 1.50. The van der Waals surface area contributed by atoms with Gasteiger partial charge in [0.1, 0.15) is 11.3 Å². The summed E-state index contributed by atoms with van der Waals surface area (Å²) in [5, 5.41) is 0.627. The van der Waals surface area contributed by atoms with Crippen LogP contribution in [0.15, 0.2) is 66.7 Å². The van der Waals surface area contributed by atoms with E-state index in [4.69, 9.17) is 19.2 Å². The second-order valence-corrected chi connectivity index (χ2v) is 8.59. The van der Waals surface area contributed by atoms with Gasteiger partial charge in [0.05, 0.1) is 18.4 Å². The number of fused-ring (bicyclic) bond motifs is 2. The van der Waals surface area contributed by atoms with Crippen LogP contribution in [-0.2, 0) is 11.3 Å². The first kappa shape index (κ1) is 21.0. The quantitative estimate of drug-likeness (QED) is 0.353. The van der Waals surface area contributed by atoms with Gasteiger partial charge in [-0.1, -0.05) is 53.8 Å². The minimum atomic E-state index is -0.160. The third kappa shape index (κ3) is 4.27. The topological polar surface area (TPSA) is 60.9 Å². The third-order valence-electron chi connectivity index (χ3n) is 5.41. The highest BCUT2D eigenvalue weighted by Crippen LogP contribution is 2.37. The summed E-state index contributed by atoms with van der Waals surface area (Å²) >= 11 is 1.49. The molecule has 1 aliphatic rings. The molecule has 0 spiro atoms. The van der Waals surface area contributed by atoms with Crippen molar-refractivity contribution in [2.45, 2.75) is 13.5 Å². The standard InChI is InChI=1S/C26H22N2O4S/c1-17-8-11-21(30-2)24-25(17)33-26(27-24)28(15-19-6-4-3-5-7-19)23(29)13-10-18-9-12-20-22(14-18)32-16-31-20/h3-14H,15-16H2,1-2H3/b13-10+. The molecule has 0 atom stereocenters. The van der Waals surface area contributed by atoms with Crippen LogP contribution in [0.1, 0.15) is 16.7 Å². The van der Waals surface area contributed by atoms with Crippen molar-refractivity contribution >= 4 is 38.7 Å². The maximum atomic E-state index is 13.4. The van der Waals surface area contributed by atoms with Gasteiger partial charge in [-0.05, 0) is 47.9 Å². The number of anilines is 1. The largest absolute Gasteiger partial charge is 0.494 e. The van der Waals surface area contributed by atoms with E-state index in [9.17, 15) is 4.79 Å². The maximum Gasteiger partial charge on any atom is 0.253 e. The summed E-state index contributed by atoms with van der Waals surface area (Å²) in [4.78, 5) is 19.9. The second-order valence-electron chi connectivity index (χ2n) is 7.61. The Labute approximate surface area is 195 Å². The zero-order valence-electron chi connectivity index (χ0n) is 18.3. The summed E-state index contributed by atoms with van der Waals surface area (Å²) in [7, 11) is 1.63. The lowest BCUT2D eigenvalue weighted by molar-refractivity contribution is -0.114. The van der Waals surface area contributed by atoms with E-state index in [1.54, 1.807) is 24.2 Å². The number of ether oxygens (including phenoxy) is 3. The number of amides is 1. The van der Waals surface area contributed by atoms with Crippen molar-refractivity contribution in [3.8, 4) is 17.2 Å². The van der Waals surface area contributed by atoms with E-state index < -0.39 is 0 Å². The van der Waals surface area contributed by atoms with E-state index >= 15 is 0 Å². The first-order chi connectivity index (χ1) is 16.1. The van der Waals surface area contributed by atoms with Crippen LogP contribution in [0.2, 0.25) is 0 Å². The lowest BCUT2D eigenvalue weighted by atomic mass is 10.2. The Morgan fingerprint density at radius 3 is 2.76 bits per heavy atom. The molecule has 166 valence electrons. The molecule has 1 aliphatic heterocycles. The Kier molecular flexibility index (Phi) is 5.71. The van der Waals surface area contributed by atoms with Gasteiger partial charge in [0.25, 0.3) is 5.91 Å². The van der Waals surface area contributed by atoms with Crippen molar-refractivity contribution in [1.29, 1.82) is 0 Å². The Bertz CT molecular complexity index is 1350. The van der Waals surface area contributed by atoms with Gasteiger partial charge in [-0.15, -0.1) is 0 Å². The van der Waals surface area contributed by atoms with Crippen LogP contribution in [-0.4, -0.2) is 24.8 Å². The van der Waals surface area contributed by atoms with Crippen molar-refractivity contribution in [2.24, 2.45) is 0 Å². The molecule has 0 saturated heterocycles. The first-order valence-corrected chi connectivity index (χ1v) is 11.3. The number of hydrogen-bond donors (Lipinski definition) is 0. The number of thiazole rings is 1. The molecule has 0 radical (unpaired) electrons. The molecule has 5 rings (SSSR count). The molecule has 0 saturated carbocycles. The zero-order chi connectivity index (χ0) is 22.8. The average Bonchev–Trinajstić information content (AvgIpc) is 3.49. The Hall–Kier alpha value is -3.84. The number of carbonyl (C=O) groups excluding carboxylic acids is 1. The summed E-state index contributed by atoms with van der Waals surface area (Å²) in [6, 6.07) is 19.4. The normalized spacial score (nSPS) is 12.4. The molecule has 4 aromatic rings. The fraction of sp³-hybridized carbons (Fsp3) is 0.154. The molecular formula is C26H22N2O4S. The van der Waals surface area contributed by atoms with E-state index in [1.807, 2.05) is 67.6 Å².